The van der Waals surface area contributed by atoms with E-state index in [2.05, 4.69) is 50.5 Å². The van der Waals surface area contributed by atoms with Gasteiger partial charge in [-0.15, -0.1) is 10.2 Å². The van der Waals surface area contributed by atoms with E-state index in [4.69, 9.17) is 4.74 Å². The third kappa shape index (κ3) is 5.47. The Bertz CT molecular complexity index is 1290. The van der Waals surface area contributed by atoms with Gasteiger partial charge in [0.2, 0.25) is 0 Å². The Morgan fingerprint density at radius 3 is 2.32 bits per heavy atom. The molecule has 0 unspecified atom stereocenters. The summed E-state index contributed by atoms with van der Waals surface area (Å²) in [7, 11) is 0. The zero-order valence-electron chi connectivity index (χ0n) is 19.9. The molecule has 1 heterocycles. The average molecular weight is 521 g/mol. The Balaban J connectivity index is 1.52. The van der Waals surface area contributed by atoms with Gasteiger partial charge >= 0.3 is 0 Å². The molecule has 1 amide bonds. The number of unbranched alkanes of at least 4 members (excludes halogenated alkanes) is 1. The first-order valence-electron chi connectivity index (χ1n) is 11.5. The van der Waals surface area contributed by atoms with Gasteiger partial charge in [-0.1, -0.05) is 41.4 Å². The number of amides is 1. The summed E-state index contributed by atoms with van der Waals surface area (Å²) < 4.78 is 6.90. The van der Waals surface area contributed by atoms with Gasteiger partial charge in [-0.05, 0) is 93.3 Å². The molecule has 0 bridgehead atoms. The first-order chi connectivity index (χ1) is 16.2. The number of hydrogen-bond acceptors (Lipinski definition) is 4. The van der Waals surface area contributed by atoms with Crippen molar-refractivity contribution in [1.82, 2.24) is 15.0 Å². The summed E-state index contributed by atoms with van der Waals surface area (Å²) in [6.45, 7) is 7.64. The number of aromatic nitrogens is 3. The standard InChI is InChI=1S/C27H29BrN4O2/c1-5-6-7-19-8-12-21(13-9-19)32-30-24-16-18(2)23(17-25(24)31-32)29-26(33)27(3,4)34-22-14-10-20(28)11-15-22/h8-17H,5-7H2,1-4H3,(H,29,33). The van der Waals surface area contributed by atoms with E-state index in [9.17, 15) is 4.79 Å². The smallest absolute Gasteiger partial charge is 0.267 e. The quantitative estimate of drug-likeness (QED) is 0.283. The summed E-state index contributed by atoms with van der Waals surface area (Å²) in [4.78, 5) is 14.7. The number of carbonyl (C=O) groups excluding carboxylic acids is 1. The first-order valence-corrected chi connectivity index (χ1v) is 12.3. The summed E-state index contributed by atoms with van der Waals surface area (Å²) in [5, 5.41) is 12.3. The predicted octanol–water partition coefficient (Wildman–Crippen LogP) is 6.63. The topological polar surface area (TPSA) is 69.0 Å². The average Bonchev–Trinajstić information content (AvgIpc) is 3.22. The van der Waals surface area contributed by atoms with Gasteiger partial charge in [-0.2, -0.15) is 4.80 Å². The second-order valence-electron chi connectivity index (χ2n) is 8.94. The van der Waals surface area contributed by atoms with E-state index in [1.165, 1.54) is 18.4 Å². The van der Waals surface area contributed by atoms with Gasteiger partial charge < -0.3 is 10.1 Å². The van der Waals surface area contributed by atoms with E-state index < -0.39 is 5.60 Å². The fraction of sp³-hybridized carbons (Fsp3) is 0.296. The number of benzene rings is 3. The van der Waals surface area contributed by atoms with Crippen LogP contribution in [0, 0.1) is 6.92 Å². The van der Waals surface area contributed by atoms with Crippen molar-refractivity contribution in [2.75, 3.05) is 5.32 Å². The van der Waals surface area contributed by atoms with Crippen molar-refractivity contribution >= 4 is 38.6 Å². The number of halogens is 1. The molecule has 176 valence electrons. The van der Waals surface area contributed by atoms with Crippen LogP contribution in [-0.4, -0.2) is 26.5 Å². The molecule has 0 aliphatic carbocycles. The van der Waals surface area contributed by atoms with Gasteiger partial charge in [0.1, 0.15) is 16.8 Å². The van der Waals surface area contributed by atoms with E-state index >= 15 is 0 Å². The predicted molar refractivity (Wildman–Crippen MR) is 140 cm³/mol. The van der Waals surface area contributed by atoms with Crippen molar-refractivity contribution in [3.8, 4) is 11.4 Å². The number of carbonyl (C=O) groups is 1. The zero-order valence-corrected chi connectivity index (χ0v) is 21.5. The maximum absolute atomic E-state index is 13.0. The molecule has 6 nitrogen and oxygen atoms in total. The van der Waals surface area contributed by atoms with Crippen molar-refractivity contribution in [2.45, 2.75) is 52.6 Å². The maximum atomic E-state index is 13.0. The molecule has 0 saturated heterocycles. The Hall–Kier alpha value is -3.19. The number of rotatable bonds is 8. The summed E-state index contributed by atoms with van der Waals surface area (Å²) in [5.74, 6) is 0.382. The van der Waals surface area contributed by atoms with Crippen molar-refractivity contribution in [1.29, 1.82) is 0 Å². The molecule has 1 aromatic heterocycles. The second kappa shape index (κ2) is 9.97. The molecule has 0 aliphatic heterocycles. The van der Waals surface area contributed by atoms with Gasteiger partial charge in [-0.3, -0.25) is 4.79 Å². The highest BCUT2D eigenvalue weighted by Crippen LogP contribution is 2.26. The molecule has 0 radical (unpaired) electrons. The van der Waals surface area contributed by atoms with Crippen molar-refractivity contribution in [2.24, 2.45) is 0 Å². The maximum Gasteiger partial charge on any atom is 0.267 e. The number of anilines is 1. The highest BCUT2D eigenvalue weighted by molar-refractivity contribution is 9.10. The van der Waals surface area contributed by atoms with E-state index in [0.717, 1.165) is 27.7 Å². The Morgan fingerprint density at radius 2 is 1.68 bits per heavy atom. The van der Waals surface area contributed by atoms with Crippen LogP contribution < -0.4 is 10.1 Å². The molecule has 4 rings (SSSR count). The highest BCUT2D eigenvalue weighted by Gasteiger charge is 2.30. The van der Waals surface area contributed by atoms with Gasteiger partial charge in [0.05, 0.1) is 5.69 Å². The summed E-state index contributed by atoms with van der Waals surface area (Å²) in [6.07, 6.45) is 3.44. The Morgan fingerprint density at radius 1 is 1.03 bits per heavy atom. The molecule has 1 N–H and O–H groups in total. The number of ether oxygens (including phenoxy) is 1. The van der Waals surface area contributed by atoms with Crippen LogP contribution in [0.15, 0.2) is 65.1 Å². The molecule has 7 heteroatoms. The Kier molecular flexibility index (Phi) is 7.03. The highest BCUT2D eigenvalue weighted by atomic mass is 79.9. The van der Waals surface area contributed by atoms with Crippen LogP contribution >= 0.6 is 15.9 Å². The van der Waals surface area contributed by atoms with E-state index in [1.54, 1.807) is 18.6 Å². The molecule has 3 aromatic carbocycles. The molecular formula is C27H29BrN4O2. The summed E-state index contributed by atoms with van der Waals surface area (Å²) in [6, 6.07) is 19.5. The molecule has 0 saturated carbocycles. The third-order valence-corrected chi connectivity index (χ3v) is 6.22. The fourth-order valence-corrected chi connectivity index (χ4v) is 3.88. The fourth-order valence-electron chi connectivity index (χ4n) is 3.61. The van der Waals surface area contributed by atoms with Crippen LogP contribution in [-0.2, 0) is 11.2 Å². The lowest BCUT2D eigenvalue weighted by atomic mass is 10.1. The minimum atomic E-state index is -1.06. The van der Waals surface area contributed by atoms with Crippen LogP contribution in [0.2, 0.25) is 0 Å². The molecule has 0 aliphatic rings. The van der Waals surface area contributed by atoms with Crippen LogP contribution in [0.5, 0.6) is 5.75 Å². The van der Waals surface area contributed by atoms with Gasteiger partial charge in [0.25, 0.3) is 5.91 Å². The largest absolute Gasteiger partial charge is 0.478 e. The van der Waals surface area contributed by atoms with E-state index in [-0.39, 0.29) is 5.91 Å². The number of nitrogens with one attached hydrogen (secondary N) is 1. The molecular weight excluding hydrogens is 492 g/mol. The van der Waals surface area contributed by atoms with E-state index in [1.807, 2.05) is 55.5 Å². The van der Waals surface area contributed by atoms with Gasteiger partial charge in [-0.25, -0.2) is 0 Å². The normalized spacial score (nSPS) is 11.6. The van der Waals surface area contributed by atoms with Crippen LogP contribution in [0.3, 0.4) is 0 Å². The molecule has 4 aromatic rings. The van der Waals surface area contributed by atoms with Crippen LogP contribution in [0.4, 0.5) is 5.69 Å². The third-order valence-electron chi connectivity index (χ3n) is 5.69. The molecule has 0 spiro atoms. The number of hydrogen-bond donors (Lipinski definition) is 1. The number of fused-ring (bicyclic) bond motifs is 1. The molecule has 0 atom stereocenters. The second-order valence-corrected chi connectivity index (χ2v) is 9.85. The zero-order chi connectivity index (χ0) is 24.3. The lowest BCUT2D eigenvalue weighted by Gasteiger charge is -2.25. The van der Waals surface area contributed by atoms with Gasteiger partial charge in [0, 0.05) is 10.2 Å². The molecule has 34 heavy (non-hydrogen) atoms. The molecule has 0 fully saturated rings. The van der Waals surface area contributed by atoms with Crippen LogP contribution in [0.1, 0.15) is 44.7 Å². The first kappa shape index (κ1) is 24.0. The van der Waals surface area contributed by atoms with Crippen molar-refractivity contribution in [3.63, 3.8) is 0 Å². The Labute approximate surface area is 208 Å². The number of aryl methyl sites for hydroxylation is 2. The van der Waals surface area contributed by atoms with Crippen LogP contribution in [0.25, 0.3) is 16.7 Å². The van der Waals surface area contributed by atoms with Crippen molar-refractivity contribution < 1.29 is 9.53 Å². The SMILES string of the molecule is CCCCc1ccc(-n2nc3cc(C)c(NC(=O)C(C)(C)Oc4ccc(Br)cc4)cc3n2)cc1. The summed E-state index contributed by atoms with van der Waals surface area (Å²) in [5.41, 5.74) is 4.24. The lowest BCUT2D eigenvalue weighted by molar-refractivity contribution is -0.128. The monoisotopic (exact) mass is 520 g/mol. The van der Waals surface area contributed by atoms with Crippen molar-refractivity contribution in [3.05, 3.63) is 76.3 Å². The van der Waals surface area contributed by atoms with Gasteiger partial charge in [0.15, 0.2) is 5.60 Å². The lowest BCUT2D eigenvalue weighted by Crippen LogP contribution is -2.42. The van der Waals surface area contributed by atoms with E-state index in [0.29, 0.717) is 17.0 Å². The minimum absolute atomic E-state index is 0.243. The summed E-state index contributed by atoms with van der Waals surface area (Å²) >= 11 is 3.41. The minimum Gasteiger partial charge on any atom is -0.478 e. The number of nitrogens with zero attached hydrogens (tertiary/aromatic N) is 3.